The normalized spacial score (nSPS) is 25.2. The van der Waals surface area contributed by atoms with Gasteiger partial charge in [0, 0.05) is 6.08 Å². The average molecular weight is 298 g/mol. The maximum Gasteiger partial charge on any atom is 0.191 e. The van der Waals surface area contributed by atoms with Gasteiger partial charge in [-0.15, -0.1) is 0 Å². The van der Waals surface area contributed by atoms with Crippen LogP contribution in [0.15, 0.2) is 11.8 Å². The lowest BCUT2D eigenvalue weighted by atomic mass is 9.84. The Morgan fingerprint density at radius 3 is 2.24 bits per heavy atom. The highest BCUT2D eigenvalue weighted by Gasteiger charge is 2.49. The van der Waals surface area contributed by atoms with Crippen molar-refractivity contribution in [3.05, 3.63) is 11.8 Å². The number of carbonyl (C=O) groups is 1. The van der Waals surface area contributed by atoms with Crippen LogP contribution >= 0.6 is 0 Å². The largest absolute Gasteiger partial charge is 0.500 e. The third-order valence-electron chi connectivity index (χ3n) is 4.45. The molecule has 4 nitrogen and oxygen atoms in total. The zero-order valence-electron chi connectivity index (χ0n) is 13.4. The molecule has 0 radical (unpaired) electrons. The van der Waals surface area contributed by atoms with Crippen molar-refractivity contribution < 1.29 is 19.7 Å². The number of unbranched alkanes of at least 4 members (excludes halogenated alkanes) is 7. The number of aliphatic hydroxyl groups excluding tert-OH is 1. The molecule has 2 N–H and O–H groups in total. The first-order chi connectivity index (χ1) is 10.1. The van der Waals surface area contributed by atoms with Crippen LogP contribution in [0.4, 0.5) is 0 Å². The molecule has 0 spiro atoms. The van der Waals surface area contributed by atoms with Crippen LogP contribution < -0.4 is 0 Å². The summed E-state index contributed by atoms with van der Waals surface area (Å²) in [6.07, 6.45) is 11.0. The van der Waals surface area contributed by atoms with Gasteiger partial charge >= 0.3 is 0 Å². The lowest BCUT2D eigenvalue weighted by Gasteiger charge is -2.28. The summed E-state index contributed by atoms with van der Waals surface area (Å²) in [4.78, 5) is 12.0. The molecular weight excluding hydrogens is 268 g/mol. The van der Waals surface area contributed by atoms with Crippen molar-refractivity contribution >= 4 is 5.78 Å². The van der Waals surface area contributed by atoms with E-state index in [0.717, 1.165) is 19.3 Å². The molecule has 1 aliphatic rings. The second-order valence-electron chi connectivity index (χ2n) is 6.00. The van der Waals surface area contributed by atoms with Gasteiger partial charge in [-0.1, -0.05) is 58.3 Å². The molecule has 122 valence electrons. The van der Waals surface area contributed by atoms with Gasteiger partial charge in [0.1, 0.15) is 11.4 Å². The molecule has 0 aromatic carbocycles. The van der Waals surface area contributed by atoms with Crippen LogP contribution in [-0.2, 0) is 9.53 Å². The number of hydrogen-bond donors (Lipinski definition) is 2. The first kappa shape index (κ1) is 18.2. The first-order valence-corrected chi connectivity index (χ1v) is 8.23. The van der Waals surface area contributed by atoms with Crippen molar-refractivity contribution in [3.63, 3.8) is 0 Å². The molecule has 0 heterocycles. The molecule has 4 heteroatoms. The van der Waals surface area contributed by atoms with Gasteiger partial charge in [-0.3, -0.25) is 4.79 Å². The first-order valence-electron chi connectivity index (χ1n) is 8.23. The van der Waals surface area contributed by atoms with Crippen molar-refractivity contribution in [2.45, 2.75) is 70.3 Å². The van der Waals surface area contributed by atoms with Crippen molar-refractivity contribution in [1.29, 1.82) is 0 Å². The quantitative estimate of drug-likeness (QED) is 0.576. The third kappa shape index (κ3) is 4.82. The number of ketones is 1. The molecule has 0 unspecified atom stereocenters. The van der Waals surface area contributed by atoms with E-state index in [-0.39, 0.29) is 12.4 Å². The van der Waals surface area contributed by atoms with E-state index < -0.39 is 11.5 Å². The van der Waals surface area contributed by atoms with Gasteiger partial charge in [0.25, 0.3) is 0 Å². The zero-order chi connectivity index (χ0) is 15.7. The number of rotatable bonds is 11. The fraction of sp³-hybridized carbons (Fsp3) is 0.824. The van der Waals surface area contributed by atoms with Gasteiger partial charge < -0.3 is 14.9 Å². The summed E-state index contributed by atoms with van der Waals surface area (Å²) in [6, 6.07) is 0. The monoisotopic (exact) mass is 298 g/mol. The lowest BCUT2D eigenvalue weighted by Crippen LogP contribution is -2.43. The molecule has 0 aromatic rings. The predicted molar refractivity (Wildman–Crippen MR) is 82.9 cm³/mol. The smallest absolute Gasteiger partial charge is 0.191 e. The molecule has 1 aliphatic carbocycles. The summed E-state index contributed by atoms with van der Waals surface area (Å²) in [6.45, 7) is 1.94. The minimum atomic E-state index is -1.47. The Labute approximate surface area is 128 Å². The Bertz CT molecular complexity index is 351. The zero-order valence-corrected chi connectivity index (χ0v) is 13.4. The van der Waals surface area contributed by atoms with Gasteiger partial charge in [0.15, 0.2) is 5.78 Å². The third-order valence-corrected chi connectivity index (χ3v) is 4.45. The average Bonchev–Trinajstić information content (AvgIpc) is 2.73. The van der Waals surface area contributed by atoms with Crippen LogP contribution in [0, 0.1) is 5.92 Å². The van der Waals surface area contributed by atoms with Crippen LogP contribution in [-0.4, -0.2) is 35.3 Å². The molecule has 0 fully saturated rings. The number of methoxy groups -OCH3 is 1. The number of hydrogen-bond acceptors (Lipinski definition) is 4. The lowest BCUT2D eigenvalue weighted by molar-refractivity contribution is -0.137. The van der Waals surface area contributed by atoms with Crippen molar-refractivity contribution in [2.75, 3.05) is 13.7 Å². The molecule has 1 rings (SSSR count). The van der Waals surface area contributed by atoms with E-state index in [1.165, 1.54) is 45.3 Å². The Hall–Kier alpha value is -0.870. The Balaban J connectivity index is 2.29. The second kappa shape index (κ2) is 9.21. The topological polar surface area (TPSA) is 66.8 Å². The van der Waals surface area contributed by atoms with E-state index in [1.54, 1.807) is 0 Å². The van der Waals surface area contributed by atoms with Gasteiger partial charge in [-0.25, -0.2) is 0 Å². The molecule has 0 saturated heterocycles. The molecule has 21 heavy (non-hydrogen) atoms. The number of aliphatic hydroxyl groups is 2. The van der Waals surface area contributed by atoms with Crippen LogP contribution in [0.2, 0.25) is 0 Å². The SMILES string of the molecule is CCCCCCCCCC[C@@]1(O)C(=O)C=C(OC)[C@@H]1CO. The highest BCUT2D eigenvalue weighted by Crippen LogP contribution is 2.37. The van der Waals surface area contributed by atoms with E-state index >= 15 is 0 Å². The Morgan fingerprint density at radius 1 is 1.14 bits per heavy atom. The Kier molecular flexibility index (Phi) is 7.97. The minimum absolute atomic E-state index is 0.265. The summed E-state index contributed by atoms with van der Waals surface area (Å²) in [5, 5.41) is 20.0. The van der Waals surface area contributed by atoms with E-state index in [2.05, 4.69) is 6.92 Å². The van der Waals surface area contributed by atoms with Gasteiger partial charge in [-0.2, -0.15) is 0 Å². The summed E-state index contributed by atoms with van der Waals surface area (Å²) < 4.78 is 5.08. The second-order valence-corrected chi connectivity index (χ2v) is 6.00. The van der Waals surface area contributed by atoms with E-state index in [4.69, 9.17) is 4.74 Å². The van der Waals surface area contributed by atoms with Gasteiger partial charge in [-0.05, 0) is 6.42 Å². The maximum atomic E-state index is 12.0. The van der Waals surface area contributed by atoms with Crippen molar-refractivity contribution in [3.8, 4) is 0 Å². The fourth-order valence-electron chi connectivity index (χ4n) is 3.03. The molecule has 0 aliphatic heterocycles. The summed E-state index contributed by atoms with van der Waals surface area (Å²) in [5.74, 6) is -0.550. The Morgan fingerprint density at radius 2 is 1.71 bits per heavy atom. The summed E-state index contributed by atoms with van der Waals surface area (Å²) in [5.41, 5.74) is -1.47. The molecular formula is C17H30O4. The molecule has 0 amide bonds. The van der Waals surface area contributed by atoms with Crippen molar-refractivity contribution in [1.82, 2.24) is 0 Å². The molecule has 0 bridgehead atoms. The van der Waals surface area contributed by atoms with Crippen LogP contribution in [0.1, 0.15) is 64.7 Å². The highest BCUT2D eigenvalue weighted by molar-refractivity contribution is 6.00. The van der Waals surface area contributed by atoms with Crippen LogP contribution in [0.25, 0.3) is 0 Å². The highest BCUT2D eigenvalue weighted by atomic mass is 16.5. The van der Waals surface area contributed by atoms with E-state index in [0.29, 0.717) is 12.2 Å². The molecule has 0 aromatic heterocycles. The van der Waals surface area contributed by atoms with E-state index in [1.807, 2.05) is 0 Å². The predicted octanol–water partition coefficient (Wildman–Crippen LogP) is 2.97. The minimum Gasteiger partial charge on any atom is -0.500 e. The van der Waals surface area contributed by atoms with Crippen LogP contribution in [0.3, 0.4) is 0 Å². The molecule has 0 saturated carbocycles. The van der Waals surface area contributed by atoms with Crippen LogP contribution in [0.5, 0.6) is 0 Å². The van der Waals surface area contributed by atoms with E-state index in [9.17, 15) is 15.0 Å². The van der Waals surface area contributed by atoms with Gasteiger partial charge in [0.05, 0.1) is 19.6 Å². The van der Waals surface area contributed by atoms with Gasteiger partial charge in [0.2, 0.25) is 0 Å². The van der Waals surface area contributed by atoms with Crippen molar-refractivity contribution in [2.24, 2.45) is 5.92 Å². The number of ether oxygens (including phenoxy) is 1. The summed E-state index contributed by atoms with van der Waals surface area (Å²) >= 11 is 0. The molecule has 2 atom stereocenters. The summed E-state index contributed by atoms with van der Waals surface area (Å²) in [7, 11) is 1.46. The maximum absolute atomic E-state index is 12.0. The fourth-order valence-corrected chi connectivity index (χ4v) is 3.03. The number of carbonyl (C=O) groups excluding carboxylic acids is 1. The standard InChI is InChI=1S/C17H30O4/c1-3-4-5-6-7-8-9-10-11-17(20)14(13-18)15(21-2)12-16(17)19/h12,14,18,20H,3-11,13H2,1-2H3/t14-,17-/m0/s1.